The van der Waals surface area contributed by atoms with E-state index >= 15 is 0 Å². The second-order valence-corrected chi connectivity index (χ2v) is 7.99. The molecule has 1 saturated heterocycles. The van der Waals surface area contributed by atoms with Gasteiger partial charge in [0.2, 0.25) is 0 Å². The van der Waals surface area contributed by atoms with Crippen molar-refractivity contribution in [1.29, 1.82) is 0 Å². The standard InChI is InChI=1S/C22H32N6O.HI/c1-3-23-22(24-15-18-9-10-21-26-25-17(2)28(21)16-18)27-13-11-20(12-14-27)29-19-7-5-4-6-8-19;/h4-8,18,20H,3,9-16H2,1-2H3,(H,23,24);1H. The summed E-state index contributed by atoms with van der Waals surface area (Å²) in [6.45, 7) is 8.83. The smallest absolute Gasteiger partial charge is 0.193 e. The summed E-state index contributed by atoms with van der Waals surface area (Å²) < 4.78 is 8.39. The summed E-state index contributed by atoms with van der Waals surface area (Å²) in [4.78, 5) is 7.37. The molecule has 1 atom stereocenters. The van der Waals surface area contributed by atoms with E-state index in [4.69, 9.17) is 9.73 Å². The number of aryl methyl sites for hydroxylation is 2. The number of aliphatic imine (C=N–C) groups is 1. The van der Waals surface area contributed by atoms with Crippen molar-refractivity contribution < 1.29 is 4.74 Å². The molecular formula is C22H33IN6O. The number of benzene rings is 1. The van der Waals surface area contributed by atoms with Crippen LogP contribution in [0, 0.1) is 12.8 Å². The summed E-state index contributed by atoms with van der Waals surface area (Å²) in [5.41, 5.74) is 0. The van der Waals surface area contributed by atoms with Crippen molar-refractivity contribution in [3.8, 4) is 5.75 Å². The van der Waals surface area contributed by atoms with Gasteiger partial charge in [-0.2, -0.15) is 0 Å². The molecule has 2 aromatic rings. The first-order valence-corrected chi connectivity index (χ1v) is 10.9. The lowest BCUT2D eigenvalue weighted by atomic mass is 9.99. The first-order valence-electron chi connectivity index (χ1n) is 10.9. The van der Waals surface area contributed by atoms with E-state index < -0.39 is 0 Å². The molecule has 0 radical (unpaired) electrons. The van der Waals surface area contributed by atoms with Gasteiger partial charge >= 0.3 is 0 Å². The molecule has 0 amide bonds. The number of ether oxygens (including phenoxy) is 1. The Bertz CT molecular complexity index is 816. The molecule has 30 heavy (non-hydrogen) atoms. The molecule has 2 aliphatic rings. The van der Waals surface area contributed by atoms with Crippen molar-refractivity contribution in [2.75, 3.05) is 26.2 Å². The Morgan fingerprint density at radius 3 is 2.67 bits per heavy atom. The third kappa shape index (κ3) is 5.65. The monoisotopic (exact) mass is 524 g/mol. The van der Waals surface area contributed by atoms with Crippen LogP contribution in [0.5, 0.6) is 5.75 Å². The second-order valence-electron chi connectivity index (χ2n) is 7.99. The Morgan fingerprint density at radius 2 is 1.93 bits per heavy atom. The molecular weight excluding hydrogens is 491 g/mol. The fraction of sp³-hybridized carbons (Fsp3) is 0.591. The Hall–Kier alpha value is -1.84. The van der Waals surface area contributed by atoms with E-state index in [0.29, 0.717) is 5.92 Å². The summed E-state index contributed by atoms with van der Waals surface area (Å²) in [6.07, 6.45) is 4.45. The van der Waals surface area contributed by atoms with Crippen molar-refractivity contribution in [2.45, 2.75) is 52.2 Å². The van der Waals surface area contributed by atoms with Crippen LogP contribution in [0.3, 0.4) is 0 Å². The number of nitrogens with zero attached hydrogens (tertiary/aromatic N) is 5. The predicted molar refractivity (Wildman–Crippen MR) is 130 cm³/mol. The van der Waals surface area contributed by atoms with Crippen LogP contribution < -0.4 is 10.1 Å². The van der Waals surface area contributed by atoms with Crippen molar-refractivity contribution >= 4 is 29.9 Å². The van der Waals surface area contributed by atoms with E-state index in [1.165, 1.54) is 0 Å². The maximum absolute atomic E-state index is 6.13. The first-order chi connectivity index (χ1) is 14.2. The molecule has 7 nitrogen and oxygen atoms in total. The number of likely N-dealkylation sites (tertiary alicyclic amines) is 1. The number of para-hydroxylation sites is 1. The minimum Gasteiger partial charge on any atom is -0.490 e. The molecule has 0 aliphatic carbocycles. The van der Waals surface area contributed by atoms with Gasteiger partial charge in [0.1, 0.15) is 23.5 Å². The maximum atomic E-state index is 6.13. The third-order valence-electron chi connectivity index (χ3n) is 5.85. The van der Waals surface area contributed by atoms with Gasteiger partial charge in [0.25, 0.3) is 0 Å². The topological polar surface area (TPSA) is 67.6 Å². The van der Waals surface area contributed by atoms with E-state index in [9.17, 15) is 0 Å². The molecule has 0 bridgehead atoms. The average molecular weight is 524 g/mol. The SMILES string of the molecule is CCNC(=NCC1CCc2nnc(C)n2C1)N1CCC(Oc2ccccc2)CC1.I. The average Bonchev–Trinajstić information content (AvgIpc) is 3.13. The van der Waals surface area contributed by atoms with Gasteiger partial charge < -0.3 is 19.5 Å². The zero-order valence-corrected chi connectivity index (χ0v) is 20.3. The molecule has 164 valence electrons. The number of piperidine rings is 1. The van der Waals surface area contributed by atoms with Crippen LogP contribution in [0.4, 0.5) is 0 Å². The summed E-state index contributed by atoms with van der Waals surface area (Å²) >= 11 is 0. The zero-order chi connectivity index (χ0) is 20.1. The molecule has 0 spiro atoms. The molecule has 3 heterocycles. The Morgan fingerprint density at radius 1 is 1.17 bits per heavy atom. The number of hydrogen-bond donors (Lipinski definition) is 1. The van der Waals surface area contributed by atoms with Crippen LogP contribution in [0.15, 0.2) is 35.3 Å². The molecule has 1 N–H and O–H groups in total. The van der Waals surface area contributed by atoms with Gasteiger partial charge in [0, 0.05) is 52.0 Å². The van der Waals surface area contributed by atoms with Gasteiger partial charge in [-0.15, -0.1) is 34.2 Å². The first kappa shape index (κ1) is 22.8. The molecule has 8 heteroatoms. The normalized spacial score (nSPS) is 19.7. The third-order valence-corrected chi connectivity index (χ3v) is 5.85. The number of hydrogen-bond acceptors (Lipinski definition) is 4. The van der Waals surface area contributed by atoms with Crippen LogP contribution in [-0.4, -0.2) is 57.9 Å². The van der Waals surface area contributed by atoms with Gasteiger partial charge in [-0.25, -0.2) is 0 Å². The number of rotatable bonds is 5. The number of fused-ring (bicyclic) bond motifs is 1. The van der Waals surface area contributed by atoms with Gasteiger partial charge in [-0.3, -0.25) is 4.99 Å². The fourth-order valence-electron chi connectivity index (χ4n) is 4.20. The molecule has 4 rings (SSSR count). The van der Waals surface area contributed by atoms with E-state index in [1.807, 2.05) is 37.3 Å². The number of halogens is 1. The highest BCUT2D eigenvalue weighted by Crippen LogP contribution is 2.21. The Balaban J connectivity index is 0.00000256. The highest BCUT2D eigenvalue weighted by atomic mass is 127. The molecule has 2 aliphatic heterocycles. The molecule has 1 aromatic heterocycles. The minimum absolute atomic E-state index is 0. The quantitative estimate of drug-likeness (QED) is 0.370. The summed E-state index contributed by atoms with van der Waals surface area (Å²) in [5, 5.41) is 12.0. The lowest BCUT2D eigenvalue weighted by molar-refractivity contribution is 0.129. The zero-order valence-electron chi connectivity index (χ0n) is 18.0. The van der Waals surface area contributed by atoms with Crippen LogP contribution >= 0.6 is 24.0 Å². The van der Waals surface area contributed by atoms with E-state index in [1.54, 1.807) is 0 Å². The molecule has 0 saturated carbocycles. The van der Waals surface area contributed by atoms with Gasteiger partial charge in [-0.05, 0) is 38.3 Å². The van der Waals surface area contributed by atoms with E-state index in [0.717, 1.165) is 81.8 Å². The number of guanidine groups is 1. The summed E-state index contributed by atoms with van der Waals surface area (Å²) in [5.74, 6) is 4.69. The van der Waals surface area contributed by atoms with E-state index in [2.05, 4.69) is 31.9 Å². The van der Waals surface area contributed by atoms with Crippen molar-refractivity contribution in [3.63, 3.8) is 0 Å². The Kier molecular flexibility index (Phi) is 8.35. The lowest BCUT2D eigenvalue weighted by Crippen LogP contribution is -2.47. The van der Waals surface area contributed by atoms with Crippen LogP contribution in [0.25, 0.3) is 0 Å². The Labute approximate surface area is 196 Å². The van der Waals surface area contributed by atoms with Crippen LogP contribution in [0.1, 0.15) is 37.8 Å². The lowest BCUT2D eigenvalue weighted by Gasteiger charge is -2.34. The largest absolute Gasteiger partial charge is 0.490 e. The van der Waals surface area contributed by atoms with Crippen LogP contribution in [-0.2, 0) is 13.0 Å². The predicted octanol–water partition coefficient (Wildman–Crippen LogP) is 3.28. The van der Waals surface area contributed by atoms with Gasteiger partial charge in [0.15, 0.2) is 5.96 Å². The molecule has 1 fully saturated rings. The highest BCUT2D eigenvalue weighted by molar-refractivity contribution is 14.0. The van der Waals surface area contributed by atoms with Crippen LogP contribution in [0.2, 0.25) is 0 Å². The fourth-order valence-corrected chi connectivity index (χ4v) is 4.20. The van der Waals surface area contributed by atoms with E-state index in [-0.39, 0.29) is 30.1 Å². The molecule has 1 unspecified atom stereocenters. The summed E-state index contributed by atoms with van der Waals surface area (Å²) in [6, 6.07) is 10.1. The van der Waals surface area contributed by atoms with Crippen molar-refractivity contribution in [3.05, 3.63) is 42.0 Å². The van der Waals surface area contributed by atoms with Gasteiger partial charge in [0.05, 0.1) is 0 Å². The van der Waals surface area contributed by atoms with Crippen molar-refractivity contribution in [1.82, 2.24) is 25.0 Å². The van der Waals surface area contributed by atoms with Gasteiger partial charge in [-0.1, -0.05) is 18.2 Å². The molecule has 1 aromatic carbocycles. The highest BCUT2D eigenvalue weighted by Gasteiger charge is 2.24. The number of nitrogens with one attached hydrogen (secondary N) is 1. The van der Waals surface area contributed by atoms with Crippen molar-refractivity contribution in [2.24, 2.45) is 10.9 Å². The second kappa shape index (κ2) is 11.0. The maximum Gasteiger partial charge on any atom is 0.193 e. The summed E-state index contributed by atoms with van der Waals surface area (Å²) in [7, 11) is 0. The minimum atomic E-state index is 0. The number of aromatic nitrogens is 3.